The second-order valence-corrected chi connectivity index (χ2v) is 1.71. The maximum Gasteiger partial charge on any atom is 0 e. The Balaban J connectivity index is 0. The zero-order valence-electron chi connectivity index (χ0n) is 5.54. The first-order valence-electron chi connectivity index (χ1n) is 2.91. The summed E-state index contributed by atoms with van der Waals surface area (Å²) in [7, 11) is 0. The summed E-state index contributed by atoms with van der Waals surface area (Å²) >= 11 is 0. The normalized spacial score (nSPS) is 7.71. The molecule has 0 aromatic carbocycles. The van der Waals surface area contributed by atoms with Crippen LogP contribution in [0.5, 0.6) is 0 Å². The van der Waals surface area contributed by atoms with E-state index in [1.807, 2.05) is 0 Å². The molecule has 0 aromatic heterocycles. The van der Waals surface area contributed by atoms with E-state index < -0.39 is 0 Å². The molecule has 0 rings (SSSR count). The molecule has 0 amide bonds. The van der Waals surface area contributed by atoms with Crippen LogP contribution in [-0.2, 0) is 0 Å². The van der Waals surface area contributed by atoms with E-state index in [0.717, 1.165) is 0 Å². The summed E-state index contributed by atoms with van der Waals surface area (Å²) in [6.07, 6.45) is 5.54. The predicted molar refractivity (Wildman–Crippen MR) is 29.8 cm³/mol. The molecular weight excluding hydrogens is 76.1 g/mol. The molecule has 40 valence electrons. The van der Waals surface area contributed by atoms with Crippen LogP contribution < -0.4 is 0 Å². The van der Waals surface area contributed by atoms with Gasteiger partial charge in [0.25, 0.3) is 0 Å². The zero-order valence-corrected chi connectivity index (χ0v) is 5.54. The molecule has 1 heteroatoms. The molecule has 0 saturated carbocycles. The van der Waals surface area contributed by atoms with Gasteiger partial charge < -0.3 is 0 Å². The minimum Gasteiger partial charge on any atom is -0.0654 e. The SMILES string of the molecule is CCCCCC.[He]. The molecule has 0 spiro atoms. The van der Waals surface area contributed by atoms with Crippen LogP contribution in [0.3, 0.4) is 0 Å². The summed E-state index contributed by atoms with van der Waals surface area (Å²) in [5.41, 5.74) is 0. The molecule has 0 aliphatic carbocycles. The van der Waals surface area contributed by atoms with Gasteiger partial charge in [0, 0.05) is 6.15 Å². The van der Waals surface area contributed by atoms with E-state index in [0.29, 0.717) is 0 Å². The molecule has 0 saturated heterocycles. The van der Waals surface area contributed by atoms with E-state index in [-0.39, 0.29) is 6.15 Å². The smallest absolute Gasteiger partial charge is 0 e. The van der Waals surface area contributed by atoms with Crippen molar-refractivity contribution in [2.45, 2.75) is 39.5 Å². The van der Waals surface area contributed by atoms with Gasteiger partial charge in [-0.05, 0) is 0 Å². The Bertz CT molecular complexity index is 16.1. The number of rotatable bonds is 3. The third-order valence-corrected chi connectivity index (χ3v) is 0.957. The Morgan fingerprint density at radius 1 is 0.857 bits per heavy atom. The van der Waals surface area contributed by atoms with Crippen LogP contribution in [0.1, 0.15) is 39.5 Å². The van der Waals surface area contributed by atoms with Crippen LogP contribution in [0.4, 0.5) is 0 Å². The van der Waals surface area contributed by atoms with Gasteiger partial charge in [-0.2, -0.15) is 0 Å². The van der Waals surface area contributed by atoms with Gasteiger partial charge >= 0.3 is 0 Å². The van der Waals surface area contributed by atoms with Gasteiger partial charge in [-0.15, -0.1) is 0 Å². The standard InChI is InChI=1S/C6H14.He/c1-3-5-6-4-2;/h3-6H2,1-2H3;. The minimum atomic E-state index is 0. The second kappa shape index (κ2) is 9.32. The average Bonchev–Trinajstić information content (AvgIpc) is 1.61. The van der Waals surface area contributed by atoms with Crippen molar-refractivity contribution < 1.29 is 6.15 Å². The van der Waals surface area contributed by atoms with Crippen molar-refractivity contribution in [2.24, 2.45) is 0 Å². The predicted octanol–water partition coefficient (Wildman–Crippen LogP) is 2.59. The van der Waals surface area contributed by atoms with E-state index in [2.05, 4.69) is 13.8 Å². The maximum absolute atomic E-state index is 2.23. The first-order chi connectivity index (χ1) is 2.91. The molecule has 0 aliphatic heterocycles. The van der Waals surface area contributed by atoms with Crippen LogP contribution in [-0.4, -0.2) is 0 Å². The Kier molecular flexibility index (Phi) is 13.3. The van der Waals surface area contributed by atoms with Crippen molar-refractivity contribution in [3.8, 4) is 0 Å². The third kappa shape index (κ3) is 10.7. The summed E-state index contributed by atoms with van der Waals surface area (Å²) in [4.78, 5) is 0. The van der Waals surface area contributed by atoms with Crippen molar-refractivity contribution in [1.82, 2.24) is 0 Å². The molecule has 0 heterocycles. The fourth-order valence-corrected chi connectivity index (χ4v) is 0.500. The first kappa shape index (κ1) is 10.0. The van der Waals surface area contributed by atoms with Gasteiger partial charge in [-0.3, -0.25) is 0 Å². The van der Waals surface area contributed by atoms with E-state index in [1.54, 1.807) is 0 Å². The van der Waals surface area contributed by atoms with Crippen molar-refractivity contribution in [3.63, 3.8) is 0 Å². The fraction of sp³-hybridized carbons (Fsp3) is 1.00. The quantitative estimate of drug-likeness (QED) is 0.467. The molecule has 0 nitrogen and oxygen atoms in total. The summed E-state index contributed by atoms with van der Waals surface area (Å²) in [5, 5.41) is 0. The fourth-order valence-electron chi connectivity index (χ4n) is 0.500. The molecule has 0 aromatic rings. The molecule has 0 N–H and O–H groups in total. The van der Waals surface area contributed by atoms with Crippen LogP contribution in [0.2, 0.25) is 0 Å². The number of hydrogen-bond donors (Lipinski definition) is 0. The van der Waals surface area contributed by atoms with Crippen molar-refractivity contribution in [1.29, 1.82) is 0 Å². The van der Waals surface area contributed by atoms with Gasteiger partial charge in [-0.25, -0.2) is 0 Å². The molecule has 0 unspecified atom stereocenters. The zero-order chi connectivity index (χ0) is 4.83. The van der Waals surface area contributed by atoms with Crippen LogP contribution in [0.15, 0.2) is 0 Å². The molecule has 0 atom stereocenters. The Hall–Kier alpha value is -0.0909. The second-order valence-electron chi connectivity index (χ2n) is 1.71. The summed E-state index contributed by atoms with van der Waals surface area (Å²) < 4.78 is 0. The Morgan fingerprint density at radius 2 is 1.14 bits per heavy atom. The van der Waals surface area contributed by atoms with Crippen LogP contribution in [0, 0.1) is 6.15 Å². The molecule has 0 bridgehead atoms. The van der Waals surface area contributed by atoms with Crippen LogP contribution >= 0.6 is 0 Å². The van der Waals surface area contributed by atoms with Gasteiger partial charge in [0.2, 0.25) is 0 Å². The minimum absolute atomic E-state index is 0. The van der Waals surface area contributed by atoms with E-state index in [1.165, 1.54) is 25.7 Å². The van der Waals surface area contributed by atoms with E-state index >= 15 is 0 Å². The van der Waals surface area contributed by atoms with Gasteiger partial charge in [0.15, 0.2) is 0 Å². The molecular formula is C6H14He. The maximum atomic E-state index is 2.23. The summed E-state index contributed by atoms with van der Waals surface area (Å²) in [6, 6.07) is 0. The van der Waals surface area contributed by atoms with Gasteiger partial charge in [0.1, 0.15) is 0 Å². The van der Waals surface area contributed by atoms with Gasteiger partial charge in [0.05, 0.1) is 0 Å². The monoisotopic (exact) mass is 90.1 g/mol. The Morgan fingerprint density at radius 3 is 1.29 bits per heavy atom. The third-order valence-electron chi connectivity index (χ3n) is 0.957. The number of hydrogen-bond acceptors (Lipinski definition) is 0. The number of unbranched alkanes of at least 4 members (excludes halogenated alkanes) is 3. The van der Waals surface area contributed by atoms with Crippen molar-refractivity contribution in [2.75, 3.05) is 0 Å². The molecule has 0 fully saturated rings. The van der Waals surface area contributed by atoms with E-state index in [4.69, 9.17) is 0 Å². The molecule has 0 aliphatic rings. The largest absolute Gasteiger partial charge is 0.0654 e. The van der Waals surface area contributed by atoms with Crippen molar-refractivity contribution >= 4 is 0 Å². The molecule has 7 heavy (non-hydrogen) atoms. The van der Waals surface area contributed by atoms with Crippen LogP contribution in [0.25, 0.3) is 0 Å². The summed E-state index contributed by atoms with van der Waals surface area (Å²) in [6.45, 7) is 4.46. The average molecular weight is 90.2 g/mol. The van der Waals surface area contributed by atoms with Crippen molar-refractivity contribution in [3.05, 3.63) is 0 Å². The van der Waals surface area contributed by atoms with Gasteiger partial charge in [-0.1, -0.05) is 39.5 Å². The topological polar surface area (TPSA) is 0 Å². The summed E-state index contributed by atoms with van der Waals surface area (Å²) in [5.74, 6) is 0. The Labute approximate surface area is 46.7 Å². The first-order valence-corrected chi connectivity index (χ1v) is 2.91. The molecule has 0 radical (unpaired) electrons. The van der Waals surface area contributed by atoms with E-state index in [9.17, 15) is 0 Å².